The van der Waals surface area contributed by atoms with Gasteiger partial charge in [0.2, 0.25) is 12.4 Å². The molecule has 12 heteroatoms. The van der Waals surface area contributed by atoms with Gasteiger partial charge in [0, 0.05) is 13.4 Å². The Labute approximate surface area is 248 Å². The summed E-state index contributed by atoms with van der Waals surface area (Å²) in [6.07, 6.45) is -7.73. The molecule has 1 fully saturated rings. The number of hydrogen-bond donors (Lipinski definition) is 2. The molecule has 0 amide bonds. The van der Waals surface area contributed by atoms with Crippen LogP contribution >= 0.6 is 47.8 Å². The molecule has 3 aromatic rings. The van der Waals surface area contributed by atoms with Crippen LogP contribution in [0.2, 0.25) is 0 Å². The Morgan fingerprint density at radius 3 is 1.38 bits per heavy atom. The number of benzene rings is 3. The van der Waals surface area contributed by atoms with E-state index in [1.807, 2.05) is 0 Å². The summed E-state index contributed by atoms with van der Waals surface area (Å²) in [5.74, 6) is -2.52. The van der Waals surface area contributed by atoms with Crippen molar-refractivity contribution in [3.8, 4) is 0 Å². The van der Waals surface area contributed by atoms with Crippen LogP contribution in [0.3, 0.4) is 0 Å². The zero-order valence-corrected chi connectivity index (χ0v) is 24.7. The minimum absolute atomic E-state index is 0.146. The highest BCUT2D eigenvalue weighted by molar-refractivity contribution is 9.11. The minimum atomic E-state index is -1.64. The molecule has 5 atom stereocenters. The van der Waals surface area contributed by atoms with Crippen LogP contribution < -0.4 is 0 Å². The van der Waals surface area contributed by atoms with Crippen LogP contribution in [0.15, 0.2) is 86.2 Å². The van der Waals surface area contributed by atoms with Gasteiger partial charge in [-0.1, -0.05) is 47.8 Å². The quantitative estimate of drug-likeness (QED) is 0.264. The summed E-state index contributed by atoms with van der Waals surface area (Å²) in [4.78, 5) is 38.9. The molecule has 4 rings (SSSR count). The van der Waals surface area contributed by atoms with E-state index in [-0.39, 0.29) is 16.7 Å². The summed E-state index contributed by atoms with van der Waals surface area (Å²) in [6, 6.07) is 18.8. The lowest BCUT2D eigenvalue weighted by atomic mass is 9.98. The summed E-state index contributed by atoms with van der Waals surface area (Å²) in [6.45, 7) is -0.701. The van der Waals surface area contributed by atoms with Gasteiger partial charge in [-0.25, -0.2) is 14.4 Å². The zero-order valence-electron chi connectivity index (χ0n) is 19.9. The van der Waals surface area contributed by atoms with Gasteiger partial charge in [0.1, 0.15) is 12.2 Å². The third-order valence-corrected chi connectivity index (χ3v) is 7.33. The van der Waals surface area contributed by atoms with E-state index < -0.39 is 55.2 Å². The third kappa shape index (κ3) is 7.33. The zero-order chi connectivity index (χ0) is 28.1. The Morgan fingerprint density at radius 2 is 1.00 bits per heavy atom. The molecule has 0 spiro atoms. The number of rotatable bonds is 7. The number of esters is 3. The lowest BCUT2D eigenvalue weighted by Gasteiger charge is -2.42. The second-order valence-electron chi connectivity index (χ2n) is 8.38. The standard InChI is InChI=1S/C27H21Br3O9/c28-17-7-1-14(2-8-17)24(33)37-22-21(32)20(13-31)36-27(39-26(35)16-5-11-19(30)12-6-16)23(22)38-25(34)15-3-9-18(29)10-4-15/h1-12,20-23,27,31-32H,13H2/t20-,21-,22+,23-,27+/m1/s1. The van der Waals surface area contributed by atoms with E-state index in [9.17, 15) is 24.6 Å². The van der Waals surface area contributed by atoms with E-state index in [1.165, 1.54) is 36.4 Å². The highest BCUT2D eigenvalue weighted by Crippen LogP contribution is 2.29. The molecule has 0 saturated carbocycles. The van der Waals surface area contributed by atoms with Gasteiger partial charge in [-0.05, 0) is 72.8 Å². The van der Waals surface area contributed by atoms with Crippen LogP contribution in [0, 0.1) is 0 Å². The highest BCUT2D eigenvalue weighted by atomic mass is 79.9. The maximum atomic E-state index is 13.0. The molecule has 9 nitrogen and oxygen atoms in total. The highest BCUT2D eigenvalue weighted by Gasteiger charge is 2.51. The van der Waals surface area contributed by atoms with Crippen molar-refractivity contribution in [2.45, 2.75) is 30.7 Å². The van der Waals surface area contributed by atoms with Crippen LogP contribution in [0.25, 0.3) is 0 Å². The molecule has 3 aromatic carbocycles. The second-order valence-corrected chi connectivity index (χ2v) is 11.1. The van der Waals surface area contributed by atoms with E-state index in [4.69, 9.17) is 18.9 Å². The number of ether oxygens (including phenoxy) is 4. The molecule has 0 radical (unpaired) electrons. The molecule has 39 heavy (non-hydrogen) atoms. The smallest absolute Gasteiger partial charge is 0.340 e. The SMILES string of the molecule is O=C(O[C@@H]1O[C@H](CO)[C@@H](O)[C@H](OC(=O)c2ccc(Br)cc2)[C@H]1OC(=O)c1ccc(Br)cc1)c1ccc(Br)cc1. The summed E-state index contributed by atoms with van der Waals surface area (Å²) in [7, 11) is 0. The number of aliphatic hydroxyl groups is 2. The molecule has 2 N–H and O–H groups in total. The number of halogens is 3. The Morgan fingerprint density at radius 1 is 0.641 bits per heavy atom. The van der Waals surface area contributed by atoms with E-state index in [0.29, 0.717) is 0 Å². The van der Waals surface area contributed by atoms with Crippen molar-refractivity contribution in [2.75, 3.05) is 6.61 Å². The molecule has 0 aliphatic carbocycles. The van der Waals surface area contributed by atoms with Crippen molar-refractivity contribution in [2.24, 2.45) is 0 Å². The first-order valence-electron chi connectivity index (χ1n) is 11.5. The summed E-state index contributed by atoms with van der Waals surface area (Å²) >= 11 is 9.87. The Bertz CT molecular complexity index is 1310. The van der Waals surface area contributed by atoms with Crippen LogP contribution in [0.4, 0.5) is 0 Å². The fourth-order valence-corrected chi connectivity index (χ4v) is 4.50. The normalized spacial score (nSPS) is 22.5. The Kier molecular flexibility index (Phi) is 9.91. The predicted octanol–water partition coefficient (Wildman–Crippen LogP) is 4.66. The van der Waals surface area contributed by atoms with Crippen molar-refractivity contribution in [3.63, 3.8) is 0 Å². The van der Waals surface area contributed by atoms with E-state index in [2.05, 4.69) is 47.8 Å². The van der Waals surface area contributed by atoms with E-state index in [0.717, 1.165) is 13.4 Å². The molecule has 0 unspecified atom stereocenters. The summed E-state index contributed by atoms with van der Waals surface area (Å²) < 4.78 is 24.6. The van der Waals surface area contributed by atoms with Gasteiger partial charge >= 0.3 is 17.9 Å². The van der Waals surface area contributed by atoms with Crippen LogP contribution in [0.1, 0.15) is 31.1 Å². The maximum Gasteiger partial charge on any atom is 0.340 e. The predicted molar refractivity (Wildman–Crippen MR) is 148 cm³/mol. The Hall–Kier alpha value is -2.61. The Balaban J connectivity index is 1.66. The first-order chi connectivity index (χ1) is 18.7. The number of carbonyl (C=O) groups is 3. The molecular weight excluding hydrogens is 708 g/mol. The molecule has 0 aromatic heterocycles. The van der Waals surface area contributed by atoms with Crippen LogP contribution in [0.5, 0.6) is 0 Å². The molecule has 1 aliphatic heterocycles. The average Bonchev–Trinajstić information content (AvgIpc) is 2.92. The molecule has 1 aliphatic rings. The van der Waals surface area contributed by atoms with E-state index in [1.54, 1.807) is 36.4 Å². The van der Waals surface area contributed by atoms with Gasteiger partial charge in [-0.2, -0.15) is 0 Å². The van der Waals surface area contributed by atoms with Crippen molar-refractivity contribution in [1.29, 1.82) is 0 Å². The molecule has 204 valence electrons. The van der Waals surface area contributed by atoms with Crippen LogP contribution in [-0.4, -0.2) is 65.4 Å². The molecule has 1 saturated heterocycles. The van der Waals surface area contributed by atoms with Gasteiger partial charge in [0.05, 0.1) is 23.3 Å². The van der Waals surface area contributed by atoms with Gasteiger partial charge in [0.25, 0.3) is 0 Å². The summed E-state index contributed by atoms with van der Waals surface area (Å²) in [5.41, 5.74) is 0.460. The first kappa shape index (κ1) is 29.4. The summed E-state index contributed by atoms with van der Waals surface area (Å²) in [5, 5.41) is 20.8. The third-order valence-electron chi connectivity index (χ3n) is 5.75. The maximum absolute atomic E-state index is 13.0. The fraction of sp³-hybridized carbons (Fsp3) is 0.222. The number of hydrogen-bond acceptors (Lipinski definition) is 9. The molecular formula is C27H21Br3O9. The fourth-order valence-electron chi connectivity index (χ4n) is 3.71. The monoisotopic (exact) mass is 726 g/mol. The van der Waals surface area contributed by atoms with Gasteiger partial charge in [-0.15, -0.1) is 0 Å². The second kappa shape index (κ2) is 13.2. The average molecular weight is 729 g/mol. The lowest BCUT2D eigenvalue weighted by Crippen LogP contribution is -2.62. The molecule has 0 bridgehead atoms. The minimum Gasteiger partial charge on any atom is -0.452 e. The number of aliphatic hydroxyl groups excluding tert-OH is 2. The van der Waals surface area contributed by atoms with Crippen molar-refractivity contribution in [1.82, 2.24) is 0 Å². The van der Waals surface area contributed by atoms with Crippen LogP contribution in [-0.2, 0) is 18.9 Å². The van der Waals surface area contributed by atoms with Gasteiger partial charge in [-0.3, -0.25) is 0 Å². The van der Waals surface area contributed by atoms with Gasteiger partial charge < -0.3 is 29.2 Å². The van der Waals surface area contributed by atoms with Crippen molar-refractivity contribution in [3.05, 3.63) is 103 Å². The largest absolute Gasteiger partial charge is 0.452 e. The van der Waals surface area contributed by atoms with Crippen molar-refractivity contribution < 1.29 is 43.5 Å². The topological polar surface area (TPSA) is 129 Å². The molecule has 1 heterocycles. The van der Waals surface area contributed by atoms with E-state index >= 15 is 0 Å². The first-order valence-corrected chi connectivity index (χ1v) is 13.9. The lowest BCUT2D eigenvalue weighted by molar-refractivity contribution is -0.283. The van der Waals surface area contributed by atoms with Crippen molar-refractivity contribution >= 4 is 65.7 Å². The van der Waals surface area contributed by atoms with Gasteiger partial charge in [0.15, 0.2) is 6.10 Å². The number of carbonyl (C=O) groups excluding carboxylic acids is 3.